The fourth-order valence-electron chi connectivity index (χ4n) is 1.88. The molecule has 0 fully saturated rings. The molecule has 2 rings (SSSR count). The van der Waals surface area contributed by atoms with E-state index in [1.54, 1.807) is 0 Å². The third-order valence-electron chi connectivity index (χ3n) is 3.08. The molecule has 0 bridgehead atoms. The third kappa shape index (κ3) is 5.07. The van der Waals surface area contributed by atoms with E-state index in [9.17, 15) is 0 Å². The first kappa shape index (κ1) is 16.4. The molecule has 0 spiro atoms. The average Bonchev–Trinajstić information content (AvgIpc) is 3.00. The van der Waals surface area contributed by atoms with Crippen LogP contribution in [0.1, 0.15) is 30.9 Å². The smallest absolute Gasteiger partial charge is 0.191 e. The van der Waals surface area contributed by atoms with Crippen LogP contribution < -0.4 is 10.6 Å². The molecule has 1 heterocycles. The van der Waals surface area contributed by atoms with Crippen molar-refractivity contribution < 1.29 is 4.52 Å². The van der Waals surface area contributed by atoms with Gasteiger partial charge in [0, 0.05) is 17.6 Å². The second kappa shape index (κ2) is 8.44. The van der Waals surface area contributed by atoms with Crippen molar-refractivity contribution in [2.75, 3.05) is 6.54 Å². The fourth-order valence-corrected chi connectivity index (χ4v) is 2.00. The van der Waals surface area contributed by atoms with Gasteiger partial charge in [-0.1, -0.05) is 35.8 Å². The van der Waals surface area contributed by atoms with Gasteiger partial charge in [0.15, 0.2) is 11.7 Å². The molecule has 2 aromatic rings. The Labute approximate surface area is 135 Å². The number of guanidine groups is 1. The van der Waals surface area contributed by atoms with E-state index in [4.69, 9.17) is 16.1 Å². The number of nitrogens with one attached hydrogen (secondary N) is 2. The van der Waals surface area contributed by atoms with Crippen molar-refractivity contribution >= 4 is 17.6 Å². The van der Waals surface area contributed by atoms with Gasteiger partial charge in [-0.25, -0.2) is 4.99 Å². The lowest BCUT2D eigenvalue weighted by Gasteiger charge is -2.09. The molecule has 0 aliphatic heterocycles. The van der Waals surface area contributed by atoms with E-state index in [-0.39, 0.29) is 0 Å². The molecule has 0 aliphatic rings. The molecule has 0 saturated heterocycles. The highest BCUT2D eigenvalue weighted by Crippen LogP contribution is 2.10. The summed E-state index contributed by atoms with van der Waals surface area (Å²) in [6.07, 6.45) is 0.869. The van der Waals surface area contributed by atoms with E-state index in [1.165, 1.54) is 0 Å². The summed E-state index contributed by atoms with van der Waals surface area (Å²) in [5.41, 5.74) is 2.06. The van der Waals surface area contributed by atoms with Crippen molar-refractivity contribution in [2.45, 2.75) is 33.4 Å². The van der Waals surface area contributed by atoms with Crippen molar-refractivity contribution in [3.05, 3.63) is 52.4 Å². The van der Waals surface area contributed by atoms with E-state index in [0.29, 0.717) is 13.1 Å². The third-order valence-corrected chi connectivity index (χ3v) is 3.33. The van der Waals surface area contributed by atoms with Crippen LogP contribution in [-0.4, -0.2) is 17.7 Å². The minimum absolute atomic E-state index is 0.555. The van der Waals surface area contributed by atoms with Crippen molar-refractivity contribution in [3.8, 4) is 0 Å². The van der Waals surface area contributed by atoms with Crippen LogP contribution in [0.25, 0.3) is 0 Å². The number of rotatable bonds is 6. The molecule has 0 atom stereocenters. The topological polar surface area (TPSA) is 62.5 Å². The minimum Gasteiger partial charge on any atom is -0.359 e. The Morgan fingerprint density at radius 1 is 1.23 bits per heavy atom. The summed E-state index contributed by atoms with van der Waals surface area (Å²) in [5.74, 6) is 1.54. The largest absolute Gasteiger partial charge is 0.359 e. The number of aryl methyl sites for hydroxylation is 1. The summed E-state index contributed by atoms with van der Waals surface area (Å²) in [6.45, 7) is 6.02. The van der Waals surface area contributed by atoms with Crippen LogP contribution in [0, 0.1) is 0 Å². The maximum absolute atomic E-state index is 5.88. The molecule has 1 aromatic carbocycles. The molecular formula is C16H21ClN4O. The molecule has 0 saturated carbocycles. The van der Waals surface area contributed by atoms with Gasteiger partial charge >= 0.3 is 0 Å². The average molecular weight is 321 g/mol. The Balaban J connectivity index is 1.93. The molecule has 0 radical (unpaired) electrons. The highest BCUT2D eigenvalue weighted by atomic mass is 35.5. The molecule has 6 heteroatoms. The second-order valence-corrected chi connectivity index (χ2v) is 5.25. The predicted molar refractivity (Wildman–Crippen MR) is 89.0 cm³/mol. The molecule has 118 valence electrons. The number of hydrogen-bond donors (Lipinski definition) is 2. The molecule has 0 aliphatic carbocycles. The van der Waals surface area contributed by atoms with E-state index >= 15 is 0 Å². The normalized spacial score (nSPS) is 11.5. The second-order valence-electron chi connectivity index (χ2n) is 4.81. The lowest BCUT2D eigenvalue weighted by atomic mass is 10.2. The lowest BCUT2D eigenvalue weighted by molar-refractivity contribution is 0.374. The van der Waals surface area contributed by atoms with Gasteiger partial charge in [-0.2, -0.15) is 0 Å². The maximum Gasteiger partial charge on any atom is 0.191 e. The fraction of sp³-hybridized carbons (Fsp3) is 0.375. The quantitative estimate of drug-likeness (QED) is 0.634. The molecule has 2 N–H and O–H groups in total. The van der Waals surface area contributed by atoms with Crippen molar-refractivity contribution in [1.29, 1.82) is 0 Å². The van der Waals surface area contributed by atoms with Crippen LogP contribution in [0.4, 0.5) is 0 Å². The minimum atomic E-state index is 0.555. The number of hydrogen-bond acceptors (Lipinski definition) is 3. The van der Waals surface area contributed by atoms with Gasteiger partial charge in [0.05, 0.1) is 18.8 Å². The van der Waals surface area contributed by atoms with E-state index in [2.05, 4.69) is 20.8 Å². The Bertz CT molecular complexity index is 607. The van der Waals surface area contributed by atoms with Crippen LogP contribution in [0.3, 0.4) is 0 Å². The van der Waals surface area contributed by atoms with Crippen LogP contribution in [0.2, 0.25) is 5.02 Å². The summed E-state index contributed by atoms with van der Waals surface area (Å²) in [5, 5.41) is 11.1. The number of benzene rings is 1. The summed E-state index contributed by atoms with van der Waals surface area (Å²) < 4.78 is 5.25. The Kier molecular flexibility index (Phi) is 6.27. The molecule has 0 unspecified atom stereocenters. The molecule has 22 heavy (non-hydrogen) atoms. The van der Waals surface area contributed by atoms with Gasteiger partial charge in [-0.15, -0.1) is 0 Å². The van der Waals surface area contributed by atoms with Gasteiger partial charge in [0.2, 0.25) is 0 Å². The number of aliphatic imine (C=N–C) groups is 1. The Morgan fingerprint density at radius 3 is 2.64 bits per heavy atom. The van der Waals surface area contributed by atoms with Gasteiger partial charge in [-0.3, -0.25) is 0 Å². The Morgan fingerprint density at radius 2 is 2.00 bits per heavy atom. The summed E-state index contributed by atoms with van der Waals surface area (Å²) in [6, 6.07) is 9.63. The van der Waals surface area contributed by atoms with Gasteiger partial charge in [-0.05, 0) is 31.0 Å². The zero-order chi connectivity index (χ0) is 15.8. The van der Waals surface area contributed by atoms with Crippen molar-refractivity contribution in [1.82, 2.24) is 15.8 Å². The first-order valence-electron chi connectivity index (χ1n) is 7.42. The first-order chi connectivity index (χ1) is 10.7. The molecule has 0 amide bonds. The highest BCUT2D eigenvalue weighted by molar-refractivity contribution is 6.30. The van der Waals surface area contributed by atoms with Crippen LogP contribution >= 0.6 is 11.6 Å². The maximum atomic E-state index is 5.88. The van der Waals surface area contributed by atoms with Gasteiger partial charge < -0.3 is 15.2 Å². The van der Waals surface area contributed by atoms with Crippen LogP contribution in [0.5, 0.6) is 0 Å². The number of nitrogens with zero attached hydrogens (tertiary/aromatic N) is 2. The summed E-state index contributed by atoms with van der Waals surface area (Å²) in [7, 11) is 0. The molecule has 1 aromatic heterocycles. The number of halogens is 1. The molecular weight excluding hydrogens is 300 g/mol. The predicted octanol–water partition coefficient (Wildman–Crippen LogP) is 3.15. The highest BCUT2D eigenvalue weighted by Gasteiger charge is 2.04. The number of aromatic nitrogens is 1. The van der Waals surface area contributed by atoms with E-state index < -0.39 is 0 Å². The standard InChI is InChI=1S/C16H21ClN4O/c1-3-14-9-15(22-21-14)11-20-16(18-4-2)19-10-12-5-7-13(17)8-6-12/h5-9H,3-4,10-11H2,1-2H3,(H2,18,19,20). The summed E-state index contributed by atoms with van der Waals surface area (Å²) >= 11 is 5.88. The van der Waals surface area contributed by atoms with Crippen LogP contribution in [-0.2, 0) is 19.5 Å². The van der Waals surface area contributed by atoms with Crippen molar-refractivity contribution in [3.63, 3.8) is 0 Å². The van der Waals surface area contributed by atoms with E-state index in [0.717, 1.165) is 41.0 Å². The van der Waals surface area contributed by atoms with E-state index in [1.807, 2.05) is 44.2 Å². The first-order valence-corrected chi connectivity index (χ1v) is 7.80. The zero-order valence-electron chi connectivity index (χ0n) is 12.9. The summed E-state index contributed by atoms with van der Waals surface area (Å²) in [4.78, 5) is 4.54. The van der Waals surface area contributed by atoms with Gasteiger partial charge in [0.25, 0.3) is 0 Å². The molecule has 5 nitrogen and oxygen atoms in total. The monoisotopic (exact) mass is 320 g/mol. The van der Waals surface area contributed by atoms with Crippen LogP contribution in [0.15, 0.2) is 39.8 Å². The van der Waals surface area contributed by atoms with Crippen molar-refractivity contribution in [2.24, 2.45) is 4.99 Å². The lowest BCUT2D eigenvalue weighted by Crippen LogP contribution is -2.36. The zero-order valence-corrected chi connectivity index (χ0v) is 13.7. The SMILES string of the molecule is CCNC(=NCc1ccc(Cl)cc1)NCc1cc(CC)no1. The van der Waals surface area contributed by atoms with Gasteiger partial charge in [0.1, 0.15) is 0 Å². The Hall–Kier alpha value is -2.01.